The van der Waals surface area contributed by atoms with Crippen LogP contribution in [0.2, 0.25) is 0 Å². The van der Waals surface area contributed by atoms with Crippen LogP contribution in [0, 0.1) is 0 Å². The van der Waals surface area contributed by atoms with Gasteiger partial charge in [-0.1, -0.05) is 6.92 Å². The van der Waals surface area contributed by atoms with E-state index in [0.29, 0.717) is 0 Å². The van der Waals surface area contributed by atoms with E-state index in [-0.39, 0.29) is 11.2 Å². The molecular formula is C7H13NOS. The van der Waals surface area contributed by atoms with Crippen LogP contribution in [0.15, 0.2) is 0 Å². The number of carbonyl (C=O) groups is 1. The van der Waals surface area contributed by atoms with Crippen molar-refractivity contribution in [1.29, 1.82) is 0 Å². The van der Waals surface area contributed by atoms with E-state index in [1.807, 2.05) is 11.8 Å². The third-order valence-corrected chi connectivity index (χ3v) is 2.43. The largest absolute Gasteiger partial charge is 0.342 e. The summed E-state index contributed by atoms with van der Waals surface area (Å²) < 4.78 is 0. The van der Waals surface area contributed by atoms with E-state index in [1.165, 1.54) is 0 Å². The zero-order chi connectivity index (χ0) is 7.56. The molecule has 3 heteroatoms. The first-order chi connectivity index (χ1) is 4.75. The highest BCUT2D eigenvalue weighted by Crippen LogP contribution is 2.12. The second-order valence-corrected chi connectivity index (χ2v) is 3.23. The van der Waals surface area contributed by atoms with Gasteiger partial charge in [-0.2, -0.15) is 12.6 Å². The predicted octanol–water partition coefficient (Wildman–Crippen LogP) is 0.927. The normalized spacial score (nSPS) is 20.0. The number of rotatable bonds is 2. The molecule has 1 unspecified atom stereocenters. The van der Waals surface area contributed by atoms with Crippen LogP contribution < -0.4 is 0 Å². The number of hydrogen-bond acceptors (Lipinski definition) is 2. The van der Waals surface area contributed by atoms with Gasteiger partial charge in [0.15, 0.2) is 0 Å². The molecule has 0 aromatic heterocycles. The Bertz CT molecular complexity index is 127. The molecule has 1 saturated heterocycles. The predicted molar refractivity (Wildman–Crippen MR) is 44.3 cm³/mol. The molecule has 0 aromatic rings. The van der Waals surface area contributed by atoms with Gasteiger partial charge in [0.1, 0.15) is 0 Å². The minimum absolute atomic E-state index is 0.0692. The SMILES string of the molecule is CCC(S)C(=O)N1CCC1. The molecule has 0 aliphatic carbocycles. The molecule has 1 rings (SSSR count). The third-order valence-electron chi connectivity index (χ3n) is 1.84. The fourth-order valence-electron chi connectivity index (χ4n) is 0.922. The maximum atomic E-state index is 11.2. The van der Waals surface area contributed by atoms with Crippen molar-refractivity contribution >= 4 is 18.5 Å². The summed E-state index contributed by atoms with van der Waals surface area (Å²) in [5.41, 5.74) is 0. The molecule has 1 aliphatic heterocycles. The van der Waals surface area contributed by atoms with Crippen LogP contribution in [-0.2, 0) is 4.79 Å². The molecular weight excluding hydrogens is 146 g/mol. The summed E-state index contributed by atoms with van der Waals surface area (Å²) in [5, 5.41) is -0.0692. The second-order valence-electron chi connectivity index (χ2n) is 2.60. The van der Waals surface area contributed by atoms with Crippen molar-refractivity contribution in [3.63, 3.8) is 0 Å². The Kier molecular flexibility index (Phi) is 2.60. The molecule has 2 nitrogen and oxygen atoms in total. The smallest absolute Gasteiger partial charge is 0.235 e. The summed E-state index contributed by atoms with van der Waals surface area (Å²) in [7, 11) is 0. The van der Waals surface area contributed by atoms with Gasteiger partial charge in [0.2, 0.25) is 5.91 Å². The number of amides is 1. The molecule has 0 aromatic carbocycles. The van der Waals surface area contributed by atoms with E-state index in [9.17, 15) is 4.79 Å². The van der Waals surface area contributed by atoms with Crippen LogP contribution in [0.3, 0.4) is 0 Å². The molecule has 1 atom stereocenters. The van der Waals surface area contributed by atoms with Crippen LogP contribution in [0.1, 0.15) is 19.8 Å². The maximum absolute atomic E-state index is 11.2. The van der Waals surface area contributed by atoms with Gasteiger partial charge in [-0.25, -0.2) is 0 Å². The fourth-order valence-corrected chi connectivity index (χ4v) is 1.09. The molecule has 1 amide bonds. The van der Waals surface area contributed by atoms with Gasteiger partial charge >= 0.3 is 0 Å². The Morgan fingerprint density at radius 3 is 2.60 bits per heavy atom. The number of carbonyl (C=O) groups excluding carboxylic acids is 1. The number of thiol groups is 1. The summed E-state index contributed by atoms with van der Waals surface area (Å²) in [6, 6.07) is 0. The first kappa shape index (κ1) is 7.92. The molecule has 1 fully saturated rings. The fraction of sp³-hybridized carbons (Fsp3) is 0.857. The van der Waals surface area contributed by atoms with Crippen molar-refractivity contribution in [3.8, 4) is 0 Å². The topological polar surface area (TPSA) is 20.3 Å². The average molecular weight is 159 g/mol. The van der Waals surface area contributed by atoms with Gasteiger partial charge in [0.05, 0.1) is 5.25 Å². The number of likely N-dealkylation sites (tertiary alicyclic amines) is 1. The van der Waals surface area contributed by atoms with E-state index < -0.39 is 0 Å². The Morgan fingerprint density at radius 2 is 2.30 bits per heavy atom. The second kappa shape index (κ2) is 3.28. The Balaban J connectivity index is 2.32. The van der Waals surface area contributed by atoms with Gasteiger partial charge in [-0.05, 0) is 12.8 Å². The number of nitrogens with zero attached hydrogens (tertiary/aromatic N) is 1. The van der Waals surface area contributed by atoms with Crippen LogP contribution in [0.4, 0.5) is 0 Å². The minimum atomic E-state index is -0.0692. The minimum Gasteiger partial charge on any atom is -0.342 e. The molecule has 58 valence electrons. The van der Waals surface area contributed by atoms with E-state index in [1.54, 1.807) is 0 Å². The Morgan fingerprint density at radius 1 is 1.70 bits per heavy atom. The molecule has 0 radical (unpaired) electrons. The Labute approximate surface area is 67.0 Å². The zero-order valence-corrected chi connectivity index (χ0v) is 7.10. The standard InChI is InChI=1S/C7H13NOS/c1-2-6(10)7(9)8-4-3-5-8/h6,10H,2-5H2,1H3. The highest BCUT2D eigenvalue weighted by atomic mass is 32.1. The van der Waals surface area contributed by atoms with Crippen molar-refractivity contribution in [2.75, 3.05) is 13.1 Å². The molecule has 1 aliphatic rings. The van der Waals surface area contributed by atoms with Crippen LogP contribution in [-0.4, -0.2) is 29.1 Å². The van der Waals surface area contributed by atoms with Crippen LogP contribution in [0.25, 0.3) is 0 Å². The summed E-state index contributed by atoms with van der Waals surface area (Å²) in [5.74, 6) is 0.206. The van der Waals surface area contributed by atoms with Gasteiger partial charge in [-0.15, -0.1) is 0 Å². The maximum Gasteiger partial charge on any atom is 0.235 e. The van der Waals surface area contributed by atoms with Crippen molar-refractivity contribution in [3.05, 3.63) is 0 Å². The summed E-state index contributed by atoms with van der Waals surface area (Å²) in [4.78, 5) is 13.1. The van der Waals surface area contributed by atoms with Crippen molar-refractivity contribution in [2.24, 2.45) is 0 Å². The Hall–Kier alpha value is -0.180. The van der Waals surface area contributed by atoms with E-state index >= 15 is 0 Å². The molecule has 1 heterocycles. The average Bonchev–Trinajstić information content (AvgIpc) is 1.82. The number of hydrogen-bond donors (Lipinski definition) is 1. The lowest BCUT2D eigenvalue weighted by molar-refractivity contribution is -0.133. The lowest BCUT2D eigenvalue weighted by Crippen LogP contribution is -2.45. The van der Waals surface area contributed by atoms with Gasteiger partial charge in [-0.3, -0.25) is 4.79 Å². The third kappa shape index (κ3) is 1.45. The van der Waals surface area contributed by atoms with E-state index in [2.05, 4.69) is 12.6 Å². The highest BCUT2D eigenvalue weighted by Gasteiger charge is 2.23. The van der Waals surface area contributed by atoms with Gasteiger partial charge in [0.25, 0.3) is 0 Å². The molecule has 0 N–H and O–H groups in total. The first-order valence-corrected chi connectivity index (χ1v) is 4.24. The van der Waals surface area contributed by atoms with Crippen LogP contribution in [0.5, 0.6) is 0 Å². The zero-order valence-electron chi connectivity index (χ0n) is 6.21. The highest BCUT2D eigenvalue weighted by molar-refractivity contribution is 7.81. The first-order valence-electron chi connectivity index (χ1n) is 3.72. The summed E-state index contributed by atoms with van der Waals surface area (Å²) in [6.07, 6.45) is 1.99. The van der Waals surface area contributed by atoms with Gasteiger partial charge in [0, 0.05) is 13.1 Å². The lowest BCUT2D eigenvalue weighted by atomic mass is 10.2. The van der Waals surface area contributed by atoms with Crippen molar-refractivity contribution in [2.45, 2.75) is 25.0 Å². The molecule has 0 bridgehead atoms. The van der Waals surface area contributed by atoms with Crippen molar-refractivity contribution in [1.82, 2.24) is 4.90 Å². The summed E-state index contributed by atoms with van der Waals surface area (Å²) in [6.45, 7) is 3.86. The van der Waals surface area contributed by atoms with Crippen molar-refractivity contribution < 1.29 is 4.79 Å². The lowest BCUT2D eigenvalue weighted by Gasteiger charge is -2.32. The van der Waals surface area contributed by atoms with Gasteiger partial charge < -0.3 is 4.90 Å². The molecule has 0 saturated carbocycles. The molecule has 10 heavy (non-hydrogen) atoms. The van der Waals surface area contributed by atoms with Crippen LogP contribution >= 0.6 is 12.6 Å². The van der Waals surface area contributed by atoms with E-state index in [4.69, 9.17) is 0 Å². The quantitative estimate of drug-likeness (QED) is 0.594. The van der Waals surface area contributed by atoms with E-state index in [0.717, 1.165) is 25.9 Å². The monoisotopic (exact) mass is 159 g/mol. The molecule has 0 spiro atoms. The summed E-state index contributed by atoms with van der Waals surface area (Å²) >= 11 is 4.16.